The molecule has 2 aromatic rings. The van der Waals surface area contributed by atoms with Crippen LogP contribution in [-0.2, 0) is 11.3 Å². The Balaban J connectivity index is 1.84. The van der Waals surface area contributed by atoms with Crippen LogP contribution in [0.15, 0.2) is 42.5 Å². The van der Waals surface area contributed by atoms with Gasteiger partial charge in [-0.05, 0) is 54.8 Å². The molecule has 0 aliphatic carbocycles. The van der Waals surface area contributed by atoms with Crippen LogP contribution in [0.25, 0.3) is 0 Å². The first kappa shape index (κ1) is 16.5. The van der Waals surface area contributed by atoms with Gasteiger partial charge in [-0.25, -0.2) is 0 Å². The van der Waals surface area contributed by atoms with Crippen LogP contribution in [0, 0.1) is 13.8 Å². The molecule has 2 aromatic carbocycles. The Kier molecular flexibility index (Phi) is 5.36. The Bertz CT molecular complexity index is 726. The Labute approximate surface area is 135 Å². The molecule has 0 saturated heterocycles. The standard InChI is InChI=1S/C18H20N2O3/c1-12-6-7-16(8-13(12)2)23-11-17(21)20-10-14-4-3-5-15(9-14)18(19)22/h3-9H,10-11H2,1-2H3,(H2,19,22)(H,20,21). The highest BCUT2D eigenvalue weighted by Gasteiger charge is 2.05. The minimum absolute atomic E-state index is 0.0575. The van der Waals surface area contributed by atoms with Crippen LogP contribution >= 0.6 is 0 Å². The van der Waals surface area contributed by atoms with Crippen molar-refractivity contribution in [1.82, 2.24) is 5.32 Å². The van der Waals surface area contributed by atoms with Crippen LogP contribution in [0.5, 0.6) is 5.75 Å². The van der Waals surface area contributed by atoms with Crippen molar-refractivity contribution in [2.75, 3.05) is 6.61 Å². The predicted octanol–water partition coefficient (Wildman–Crippen LogP) is 2.10. The zero-order valence-electron chi connectivity index (χ0n) is 13.3. The van der Waals surface area contributed by atoms with Gasteiger partial charge in [-0.1, -0.05) is 18.2 Å². The second-order valence-electron chi connectivity index (χ2n) is 5.38. The fraction of sp³-hybridized carbons (Fsp3) is 0.222. The highest BCUT2D eigenvalue weighted by atomic mass is 16.5. The molecule has 5 heteroatoms. The van der Waals surface area contributed by atoms with E-state index in [1.807, 2.05) is 38.1 Å². The predicted molar refractivity (Wildman–Crippen MR) is 88.2 cm³/mol. The van der Waals surface area contributed by atoms with Crippen molar-refractivity contribution in [2.24, 2.45) is 5.73 Å². The summed E-state index contributed by atoms with van der Waals surface area (Å²) in [5.74, 6) is -0.0528. The fourth-order valence-electron chi connectivity index (χ4n) is 2.04. The Morgan fingerprint density at radius 3 is 2.57 bits per heavy atom. The van der Waals surface area contributed by atoms with Crippen LogP contribution in [0.4, 0.5) is 0 Å². The summed E-state index contributed by atoms with van der Waals surface area (Å²) < 4.78 is 5.47. The molecular formula is C18H20N2O3. The molecule has 0 atom stereocenters. The average molecular weight is 312 g/mol. The molecule has 2 rings (SSSR count). The number of ether oxygens (including phenoxy) is 1. The molecule has 0 saturated carbocycles. The number of nitrogens with two attached hydrogens (primary N) is 1. The zero-order chi connectivity index (χ0) is 16.8. The summed E-state index contributed by atoms with van der Waals surface area (Å²) in [6.45, 7) is 4.27. The number of hydrogen-bond donors (Lipinski definition) is 2. The van der Waals surface area contributed by atoms with Gasteiger partial charge >= 0.3 is 0 Å². The molecule has 0 unspecified atom stereocenters. The fourth-order valence-corrected chi connectivity index (χ4v) is 2.04. The maximum atomic E-state index is 11.8. The quantitative estimate of drug-likeness (QED) is 0.857. The SMILES string of the molecule is Cc1ccc(OCC(=O)NCc2cccc(C(N)=O)c2)cc1C. The van der Waals surface area contributed by atoms with Gasteiger partial charge in [0, 0.05) is 12.1 Å². The summed E-state index contributed by atoms with van der Waals surface area (Å²) in [6, 6.07) is 12.5. The number of nitrogens with one attached hydrogen (secondary N) is 1. The molecule has 2 amide bonds. The van der Waals surface area contributed by atoms with E-state index in [2.05, 4.69) is 5.32 Å². The van der Waals surface area contributed by atoms with Crippen LogP contribution in [0.1, 0.15) is 27.0 Å². The lowest BCUT2D eigenvalue weighted by Gasteiger charge is -2.09. The molecule has 0 radical (unpaired) electrons. The molecule has 23 heavy (non-hydrogen) atoms. The number of carbonyl (C=O) groups is 2. The number of aryl methyl sites for hydroxylation is 2. The average Bonchev–Trinajstić information content (AvgIpc) is 2.54. The number of benzene rings is 2. The van der Waals surface area contributed by atoms with Gasteiger partial charge in [0.25, 0.3) is 5.91 Å². The molecule has 0 bridgehead atoms. The third-order valence-corrected chi connectivity index (χ3v) is 3.55. The van der Waals surface area contributed by atoms with Gasteiger partial charge in [0.15, 0.2) is 6.61 Å². The van der Waals surface area contributed by atoms with Crippen LogP contribution in [0.2, 0.25) is 0 Å². The lowest BCUT2D eigenvalue weighted by atomic mass is 10.1. The largest absolute Gasteiger partial charge is 0.484 e. The monoisotopic (exact) mass is 312 g/mol. The van der Waals surface area contributed by atoms with E-state index in [1.54, 1.807) is 18.2 Å². The normalized spacial score (nSPS) is 10.2. The summed E-state index contributed by atoms with van der Waals surface area (Å²) >= 11 is 0. The van der Waals surface area contributed by atoms with Crippen LogP contribution in [0.3, 0.4) is 0 Å². The second kappa shape index (κ2) is 7.45. The minimum atomic E-state index is -0.490. The van der Waals surface area contributed by atoms with Crippen molar-refractivity contribution in [3.05, 3.63) is 64.7 Å². The molecule has 0 spiro atoms. The van der Waals surface area contributed by atoms with Gasteiger partial charge in [0.1, 0.15) is 5.75 Å². The summed E-state index contributed by atoms with van der Waals surface area (Å²) in [5.41, 5.74) is 8.75. The Morgan fingerprint density at radius 1 is 1.09 bits per heavy atom. The Morgan fingerprint density at radius 2 is 1.87 bits per heavy atom. The number of rotatable bonds is 6. The number of amides is 2. The van der Waals surface area contributed by atoms with Crippen molar-refractivity contribution >= 4 is 11.8 Å². The highest BCUT2D eigenvalue weighted by molar-refractivity contribution is 5.92. The van der Waals surface area contributed by atoms with E-state index in [4.69, 9.17) is 10.5 Å². The maximum absolute atomic E-state index is 11.8. The highest BCUT2D eigenvalue weighted by Crippen LogP contribution is 2.16. The lowest BCUT2D eigenvalue weighted by Crippen LogP contribution is -2.28. The van der Waals surface area contributed by atoms with E-state index >= 15 is 0 Å². The van der Waals surface area contributed by atoms with Gasteiger partial charge in [0.2, 0.25) is 5.91 Å². The van der Waals surface area contributed by atoms with E-state index < -0.39 is 5.91 Å². The van der Waals surface area contributed by atoms with Crippen molar-refractivity contribution in [2.45, 2.75) is 20.4 Å². The molecule has 0 aromatic heterocycles. The molecular weight excluding hydrogens is 292 g/mol. The minimum Gasteiger partial charge on any atom is -0.484 e. The van der Waals surface area contributed by atoms with Crippen LogP contribution < -0.4 is 15.8 Å². The van der Waals surface area contributed by atoms with E-state index in [-0.39, 0.29) is 12.5 Å². The molecule has 5 nitrogen and oxygen atoms in total. The smallest absolute Gasteiger partial charge is 0.258 e. The van der Waals surface area contributed by atoms with Gasteiger partial charge in [-0.2, -0.15) is 0 Å². The maximum Gasteiger partial charge on any atom is 0.258 e. The van der Waals surface area contributed by atoms with Crippen molar-refractivity contribution < 1.29 is 14.3 Å². The van der Waals surface area contributed by atoms with Gasteiger partial charge < -0.3 is 15.8 Å². The number of carbonyl (C=O) groups excluding carboxylic acids is 2. The molecule has 3 N–H and O–H groups in total. The molecule has 0 fully saturated rings. The summed E-state index contributed by atoms with van der Waals surface area (Å²) in [6.07, 6.45) is 0. The molecule has 120 valence electrons. The third-order valence-electron chi connectivity index (χ3n) is 3.55. The lowest BCUT2D eigenvalue weighted by molar-refractivity contribution is -0.123. The molecule has 0 aliphatic heterocycles. The van der Waals surface area contributed by atoms with E-state index in [0.717, 1.165) is 11.1 Å². The van der Waals surface area contributed by atoms with Crippen molar-refractivity contribution in [3.63, 3.8) is 0 Å². The first-order valence-electron chi connectivity index (χ1n) is 7.31. The summed E-state index contributed by atoms with van der Waals surface area (Å²) in [7, 11) is 0. The van der Waals surface area contributed by atoms with Gasteiger partial charge in [0.05, 0.1) is 0 Å². The second-order valence-corrected chi connectivity index (χ2v) is 5.38. The van der Waals surface area contributed by atoms with Crippen LogP contribution in [-0.4, -0.2) is 18.4 Å². The van der Waals surface area contributed by atoms with Crippen molar-refractivity contribution in [3.8, 4) is 5.75 Å². The number of hydrogen-bond acceptors (Lipinski definition) is 3. The molecule has 0 heterocycles. The third kappa shape index (κ3) is 4.85. The zero-order valence-corrected chi connectivity index (χ0v) is 13.3. The molecule has 0 aliphatic rings. The van der Waals surface area contributed by atoms with E-state index in [0.29, 0.717) is 17.9 Å². The van der Waals surface area contributed by atoms with Gasteiger partial charge in [-0.3, -0.25) is 9.59 Å². The van der Waals surface area contributed by atoms with Crippen molar-refractivity contribution in [1.29, 1.82) is 0 Å². The first-order valence-corrected chi connectivity index (χ1v) is 7.31. The van der Waals surface area contributed by atoms with Gasteiger partial charge in [-0.15, -0.1) is 0 Å². The first-order chi connectivity index (χ1) is 11.0. The summed E-state index contributed by atoms with van der Waals surface area (Å²) in [5, 5.41) is 2.75. The summed E-state index contributed by atoms with van der Waals surface area (Å²) in [4.78, 5) is 22.9. The number of primary amides is 1. The van der Waals surface area contributed by atoms with E-state index in [9.17, 15) is 9.59 Å². The topological polar surface area (TPSA) is 81.4 Å². The van der Waals surface area contributed by atoms with E-state index in [1.165, 1.54) is 5.56 Å². The Hall–Kier alpha value is -2.82.